The number of anilines is 1. The molecule has 1 saturated heterocycles. The van der Waals surface area contributed by atoms with Crippen LogP contribution in [0.5, 0.6) is 0 Å². The van der Waals surface area contributed by atoms with E-state index in [-0.39, 0.29) is 5.91 Å². The second-order valence-electron chi connectivity index (χ2n) is 6.19. The molecule has 4 rings (SSSR count). The zero-order valence-electron chi connectivity index (χ0n) is 13.7. The number of carbonyl (C=O) groups is 1. The van der Waals surface area contributed by atoms with Gasteiger partial charge in [0.2, 0.25) is 0 Å². The first kappa shape index (κ1) is 14.9. The standard InChI is InChI=1S/C15H20N8O/c1-10-11-12(19-20-13(11)22(2)21-10)18-14(24)15(4-7-16-8-5-15)23-9-3-6-17-23/h3,6,9,16H,4-5,7-8H2,1-2H3,(H2,18,19,20,24). The smallest absolute Gasteiger partial charge is 0.253 e. The first-order valence-electron chi connectivity index (χ1n) is 8.02. The molecule has 3 aromatic rings. The lowest BCUT2D eigenvalue weighted by atomic mass is 9.87. The largest absolute Gasteiger partial charge is 0.317 e. The van der Waals surface area contributed by atoms with Crippen LogP contribution in [0.25, 0.3) is 11.0 Å². The van der Waals surface area contributed by atoms with Crippen LogP contribution in [0.15, 0.2) is 18.5 Å². The fraction of sp³-hybridized carbons (Fsp3) is 0.467. The molecular weight excluding hydrogens is 308 g/mol. The zero-order chi connectivity index (χ0) is 16.7. The van der Waals surface area contributed by atoms with Crippen molar-refractivity contribution in [2.75, 3.05) is 18.4 Å². The molecule has 0 radical (unpaired) electrons. The minimum atomic E-state index is -0.692. The molecule has 24 heavy (non-hydrogen) atoms. The minimum absolute atomic E-state index is 0.0819. The molecule has 3 N–H and O–H groups in total. The summed E-state index contributed by atoms with van der Waals surface area (Å²) >= 11 is 0. The summed E-state index contributed by atoms with van der Waals surface area (Å²) in [6.07, 6.45) is 4.92. The van der Waals surface area contributed by atoms with Gasteiger partial charge >= 0.3 is 0 Å². The fourth-order valence-corrected chi connectivity index (χ4v) is 3.47. The molecule has 0 saturated carbocycles. The molecule has 1 aliphatic heterocycles. The van der Waals surface area contributed by atoms with Crippen molar-refractivity contribution in [2.45, 2.75) is 25.3 Å². The Kier molecular flexibility index (Phi) is 3.38. The Bertz CT molecular complexity index is 869. The van der Waals surface area contributed by atoms with E-state index in [2.05, 4.69) is 31.0 Å². The summed E-state index contributed by atoms with van der Waals surface area (Å²) in [5, 5.41) is 23.0. The van der Waals surface area contributed by atoms with Gasteiger partial charge in [0.25, 0.3) is 5.91 Å². The number of nitrogens with one attached hydrogen (secondary N) is 3. The molecule has 0 unspecified atom stereocenters. The van der Waals surface area contributed by atoms with Crippen LogP contribution in [0.4, 0.5) is 5.82 Å². The summed E-state index contributed by atoms with van der Waals surface area (Å²) in [6.45, 7) is 3.45. The average molecular weight is 328 g/mol. The van der Waals surface area contributed by atoms with Gasteiger partial charge in [-0.05, 0) is 38.9 Å². The second kappa shape index (κ2) is 5.45. The van der Waals surface area contributed by atoms with Gasteiger partial charge in [-0.2, -0.15) is 15.3 Å². The predicted molar refractivity (Wildman–Crippen MR) is 88.5 cm³/mol. The van der Waals surface area contributed by atoms with Crippen LogP contribution in [0.1, 0.15) is 18.5 Å². The highest BCUT2D eigenvalue weighted by Gasteiger charge is 2.42. The van der Waals surface area contributed by atoms with Crippen LogP contribution >= 0.6 is 0 Å². The molecule has 1 fully saturated rings. The summed E-state index contributed by atoms with van der Waals surface area (Å²) in [7, 11) is 1.83. The van der Waals surface area contributed by atoms with Crippen LogP contribution in [0.2, 0.25) is 0 Å². The Labute approximate surface area is 138 Å². The predicted octanol–water partition coefficient (Wildman–Crippen LogP) is 0.519. The number of hydrogen-bond acceptors (Lipinski definition) is 5. The Morgan fingerprint density at radius 2 is 2.17 bits per heavy atom. The van der Waals surface area contributed by atoms with Gasteiger partial charge in [0.05, 0.1) is 11.1 Å². The molecule has 3 aromatic heterocycles. The van der Waals surface area contributed by atoms with Crippen molar-refractivity contribution in [3.63, 3.8) is 0 Å². The van der Waals surface area contributed by atoms with E-state index in [0.29, 0.717) is 18.7 Å². The van der Waals surface area contributed by atoms with Crippen molar-refractivity contribution < 1.29 is 4.79 Å². The molecule has 0 aliphatic carbocycles. The number of aromatic nitrogens is 6. The third-order valence-electron chi connectivity index (χ3n) is 4.75. The highest BCUT2D eigenvalue weighted by molar-refractivity contribution is 6.02. The van der Waals surface area contributed by atoms with E-state index in [1.807, 2.05) is 26.2 Å². The molecule has 9 heteroatoms. The van der Waals surface area contributed by atoms with Gasteiger partial charge in [0, 0.05) is 19.4 Å². The lowest BCUT2D eigenvalue weighted by Gasteiger charge is -2.36. The molecule has 1 amide bonds. The van der Waals surface area contributed by atoms with E-state index in [1.54, 1.807) is 15.6 Å². The van der Waals surface area contributed by atoms with Gasteiger partial charge in [-0.15, -0.1) is 0 Å². The second-order valence-corrected chi connectivity index (χ2v) is 6.19. The van der Waals surface area contributed by atoms with Crippen molar-refractivity contribution in [1.82, 2.24) is 35.1 Å². The normalized spacial score (nSPS) is 17.2. The van der Waals surface area contributed by atoms with Crippen molar-refractivity contribution in [2.24, 2.45) is 7.05 Å². The Morgan fingerprint density at radius 3 is 2.88 bits per heavy atom. The summed E-state index contributed by atoms with van der Waals surface area (Å²) in [5.74, 6) is 0.507. The van der Waals surface area contributed by atoms with Gasteiger partial charge in [-0.3, -0.25) is 14.6 Å². The van der Waals surface area contributed by atoms with E-state index >= 15 is 0 Å². The minimum Gasteiger partial charge on any atom is -0.317 e. The third-order valence-corrected chi connectivity index (χ3v) is 4.75. The Balaban J connectivity index is 1.70. The van der Waals surface area contributed by atoms with Gasteiger partial charge in [0.1, 0.15) is 11.4 Å². The highest BCUT2D eigenvalue weighted by Crippen LogP contribution is 2.30. The van der Waals surface area contributed by atoms with E-state index in [9.17, 15) is 4.79 Å². The number of aromatic amines is 1. The molecule has 9 nitrogen and oxygen atoms in total. The van der Waals surface area contributed by atoms with Crippen molar-refractivity contribution >= 4 is 22.8 Å². The number of rotatable bonds is 3. The number of piperidine rings is 1. The van der Waals surface area contributed by atoms with Gasteiger partial charge in [0.15, 0.2) is 5.65 Å². The molecule has 0 spiro atoms. The van der Waals surface area contributed by atoms with Crippen LogP contribution in [-0.4, -0.2) is 48.8 Å². The van der Waals surface area contributed by atoms with Crippen LogP contribution in [-0.2, 0) is 17.4 Å². The first-order chi connectivity index (χ1) is 11.6. The number of hydrogen-bond donors (Lipinski definition) is 3. The lowest BCUT2D eigenvalue weighted by molar-refractivity contribution is -0.126. The Morgan fingerprint density at radius 1 is 1.38 bits per heavy atom. The number of fused-ring (bicyclic) bond motifs is 1. The molecule has 1 aliphatic rings. The van der Waals surface area contributed by atoms with E-state index in [4.69, 9.17) is 0 Å². The maximum atomic E-state index is 13.2. The fourth-order valence-electron chi connectivity index (χ4n) is 3.47. The summed E-state index contributed by atoms with van der Waals surface area (Å²) < 4.78 is 3.47. The molecule has 0 aromatic carbocycles. The molecular formula is C15H20N8O. The molecule has 0 bridgehead atoms. The molecule has 126 valence electrons. The Hall–Kier alpha value is -2.68. The number of carbonyl (C=O) groups excluding carboxylic acids is 1. The van der Waals surface area contributed by atoms with Crippen LogP contribution < -0.4 is 10.6 Å². The zero-order valence-corrected chi connectivity index (χ0v) is 13.7. The lowest BCUT2D eigenvalue weighted by Crippen LogP contribution is -2.52. The van der Waals surface area contributed by atoms with Gasteiger partial charge in [-0.25, -0.2) is 4.68 Å². The van der Waals surface area contributed by atoms with Gasteiger partial charge in [-0.1, -0.05) is 0 Å². The molecule has 4 heterocycles. The van der Waals surface area contributed by atoms with Crippen LogP contribution in [0.3, 0.4) is 0 Å². The van der Waals surface area contributed by atoms with Crippen molar-refractivity contribution in [3.8, 4) is 0 Å². The summed E-state index contributed by atoms with van der Waals surface area (Å²) in [5.41, 5.74) is 0.860. The van der Waals surface area contributed by atoms with E-state index < -0.39 is 5.54 Å². The average Bonchev–Trinajstić information content (AvgIpc) is 3.29. The maximum absolute atomic E-state index is 13.2. The monoisotopic (exact) mass is 328 g/mol. The number of aryl methyl sites for hydroxylation is 2. The number of amides is 1. The number of nitrogens with zero attached hydrogens (tertiary/aromatic N) is 5. The van der Waals surface area contributed by atoms with Crippen molar-refractivity contribution in [3.05, 3.63) is 24.2 Å². The topological polar surface area (TPSA) is 105 Å². The third kappa shape index (κ3) is 2.12. The number of H-pyrrole nitrogens is 1. The van der Waals surface area contributed by atoms with Gasteiger partial charge < -0.3 is 10.6 Å². The first-order valence-corrected chi connectivity index (χ1v) is 8.02. The van der Waals surface area contributed by atoms with E-state index in [1.165, 1.54) is 0 Å². The maximum Gasteiger partial charge on any atom is 0.253 e. The van der Waals surface area contributed by atoms with E-state index in [0.717, 1.165) is 29.8 Å². The SMILES string of the molecule is Cc1nn(C)c2n[nH]c(NC(=O)C3(n4cccn4)CCNCC3)c12. The highest BCUT2D eigenvalue weighted by atomic mass is 16.2. The quantitative estimate of drug-likeness (QED) is 0.650. The summed E-state index contributed by atoms with van der Waals surface area (Å²) in [4.78, 5) is 13.2. The van der Waals surface area contributed by atoms with Crippen LogP contribution in [0, 0.1) is 6.92 Å². The van der Waals surface area contributed by atoms with Crippen molar-refractivity contribution in [1.29, 1.82) is 0 Å². The summed E-state index contributed by atoms with van der Waals surface area (Å²) in [6, 6.07) is 1.84. The molecule has 0 atom stereocenters.